The molecule has 0 radical (unpaired) electrons. The lowest BCUT2D eigenvalue weighted by molar-refractivity contribution is -0.133. The van der Waals surface area contributed by atoms with E-state index in [0.29, 0.717) is 47.2 Å². The first-order valence-electron chi connectivity index (χ1n) is 12.9. The molecule has 2 aromatic carbocycles. The standard InChI is InChI=1S/C31H24F2N4O3/c32-22-4-1-20(2-5-22)14-29(38)31(8-9-31)30(39)15-21-3-6-28(25(33)13-21)40-27-7-10-35-26-16-23(36-17-24(26)27)18-37-12-11-34-19-37/h1-7,10-13,16-17,19H,8-9,14-15,18H2. The molecule has 0 atom stereocenters. The fraction of sp³-hybridized carbons (Fsp3) is 0.194. The third-order valence-electron chi connectivity index (χ3n) is 7.22. The molecule has 0 aliphatic heterocycles. The number of ether oxygens (including phenoxy) is 1. The quantitative estimate of drug-likeness (QED) is 0.214. The van der Waals surface area contributed by atoms with Gasteiger partial charge in [-0.2, -0.15) is 0 Å². The summed E-state index contributed by atoms with van der Waals surface area (Å²) in [5, 5.41) is 0.630. The molecule has 1 aliphatic carbocycles. The molecular formula is C31H24F2N4O3. The topological polar surface area (TPSA) is 87.0 Å². The van der Waals surface area contributed by atoms with Crippen molar-refractivity contribution >= 4 is 22.5 Å². The molecule has 3 aromatic heterocycles. The molecule has 200 valence electrons. The third-order valence-corrected chi connectivity index (χ3v) is 7.22. The normalized spacial score (nSPS) is 13.8. The minimum absolute atomic E-state index is 0.000266. The Labute approximate surface area is 228 Å². The second-order valence-corrected chi connectivity index (χ2v) is 10.0. The molecule has 1 aliphatic rings. The molecule has 0 unspecified atom stereocenters. The summed E-state index contributed by atoms with van der Waals surface area (Å²) in [4.78, 5) is 38.9. The molecule has 0 spiro atoms. The number of hydrogen-bond donors (Lipinski definition) is 0. The van der Waals surface area contributed by atoms with E-state index in [9.17, 15) is 14.0 Å². The number of rotatable bonds is 10. The Kier molecular flexibility index (Phi) is 6.63. The third kappa shape index (κ3) is 5.22. The largest absolute Gasteiger partial charge is 0.453 e. The number of benzene rings is 2. The number of ketones is 2. The predicted octanol–water partition coefficient (Wildman–Crippen LogP) is 5.65. The van der Waals surface area contributed by atoms with Crippen LogP contribution in [0, 0.1) is 17.0 Å². The fourth-order valence-electron chi connectivity index (χ4n) is 4.81. The summed E-state index contributed by atoms with van der Waals surface area (Å²) < 4.78 is 36.0. The Morgan fingerprint density at radius 3 is 2.33 bits per heavy atom. The van der Waals surface area contributed by atoms with Crippen molar-refractivity contribution in [1.29, 1.82) is 0 Å². The van der Waals surface area contributed by atoms with E-state index in [1.165, 1.54) is 24.3 Å². The first-order chi connectivity index (χ1) is 19.4. The highest BCUT2D eigenvalue weighted by molar-refractivity contribution is 6.10. The average molecular weight is 539 g/mol. The van der Waals surface area contributed by atoms with Crippen LogP contribution < -0.4 is 4.74 Å². The number of carbonyl (C=O) groups is 2. The van der Waals surface area contributed by atoms with Gasteiger partial charge < -0.3 is 9.30 Å². The highest BCUT2D eigenvalue weighted by atomic mass is 19.1. The second-order valence-electron chi connectivity index (χ2n) is 10.0. The van der Waals surface area contributed by atoms with Crippen LogP contribution in [0.25, 0.3) is 10.9 Å². The van der Waals surface area contributed by atoms with E-state index < -0.39 is 11.2 Å². The SMILES string of the molecule is O=C(Cc1ccc(F)cc1)C1(C(=O)Cc2ccc(Oc3ccnc4cc(Cn5ccnc5)ncc34)c(F)c2)CC1. The summed E-state index contributed by atoms with van der Waals surface area (Å²) in [5.41, 5.74) is 1.53. The monoisotopic (exact) mass is 538 g/mol. The Morgan fingerprint density at radius 2 is 1.62 bits per heavy atom. The number of pyridine rings is 2. The Morgan fingerprint density at radius 1 is 0.875 bits per heavy atom. The van der Waals surface area contributed by atoms with Crippen molar-refractivity contribution in [3.05, 3.63) is 114 Å². The van der Waals surface area contributed by atoms with Gasteiger partial charge in [-0.1, -0.05) is 18.2 Å². The first kappa shape index (κ1) is 25.5. The summed E-state index contributed by atoms with van der Waals surface area (Å²) in [6.45, 7) is 0.538. The molecule has 0 N–H and O–H groups in total. The summed E-state index contributed by atoms with van der Waals surface area (Å²) in [5.74, 6) is -1.02. The van der Waals surface area contributed by atoms with Crippen molar-refractivity contribution in [3.8, 4) is 11.5 Å². The number of fused-ring (bicyclic) bond motifs is 1. The number of Topliss-reactive ketones (excluding diaryl/α,β-unsaturated/α-hetero) is 2. The van der Waals surface area contributed by atoms with E-state index >= 15 is 4.39 Å². The number of aromatic nitrogens is 4. The maximum atomic E-state index is 15.1. The van der Waals surface area contributed by atoms with Crippen LogP contribution in [0.4, 0.5) is 8.78 Å². The molecule has 9 heteroatoms. The van der Waals surface area contributed by atoms with Gasteiger partial charge in [-0.05, 0) is 60.4 Å². The molecule has 3 heterocycles. The van der Waals surface area contributed by atoms with Gasteiger partial charge in [-0.3, -0.25) is 19.6 Å². The van der Waals surface area contributed by atoms with E-state index in [4.69, 9.17) is 4.74 Å². The second kappa shape index (κ2) is 10.4. The minimum atomic E-state index is -1.04. The Balaban J connectivity index is 1.14. The summed E-state index contributed by atoms with van der Waals surface area (Å²) >= 11 is 0. The molecule has 6 rings (SSSR count). The van der Waals surface area contributed by atoms with E-state index in [1.807, 2.05) is 16.8 Å². The maximum Gasteiger partial charge on any atom is 0.166 e. The van der Waals surface area contributed by atoms with Crippen molar-refractivity contribution < 1.29 is 23.1 Å². The van der Waals surface area contributed by atoms with Gasteiger partial charge in [0.05, 0.1) is 34.9 Å². The van der Waals surface area contributed by atoms with E-state index in [-0.39, 0.29) is 36.0 Å². The highest BCUT2D eigenvalue weighted by Crippen LogP contribution is 2.49. The molecule has 0 amide bonds. The number of nitrogens with zero attached hydrogens (tertiary/aromatic N) is 4. The van der Waals surface area contributed by atoms with Crippen LogP contribution in [0.3, 0.4) is 0 Å². The van der Waals surface area contributed by atoms with Crippen LogP contribution in [0.2, 0.25) is 0 Å². The molecule has 40 heavy (non-hydrogen) atoms. The predicted molar refractivity (Wildman–Crippen MR) is 143 cm³/mol. The lowest BCUT2D eigenvalue weighted by Crippen LogP contribution is -2.28. The molecule has 0 bridgehead atoms. The molecular weight excluding hydrogens is 514 g/mol. The molecule has 5 aromatic rings. The van der Waals surface area contributed by atoms with Gasteiger partial charge in [0.1, 0.15) is 11.6 Å². The van der Waals surface area contributed by atoms with Gasteiger partial charge in [0.15, 0.2) is 23.1 Å². The van der Waals surface area contributed by atoms with Gasteiger partial charge in [0, 0.05) is 37.6 Å². The first-order valence-corrected chi connectivity index (χ1v) is 12.9. The average Bonchev–Trinajstić information content (AvgIpc) is 3.62. The van der Waals surface area contributed by atoms with Gasteiger partial charge in [0.25, 0.3) is 0 Å². The Hall–Kier alpha value is -4.79. The Bertz CT molecular complexity index is 1720. The number of halogens is 2. The smallest absolute Gasteiger partial charge is 0.166 e. The van der Waals surface area contributed by atoms with E-state index in [2.05, 4.69) is 15.0 Å². The summed E-state index contributed by atoms with van der Waals surface area (Å²) in [7, 11) is 0. The zero-order valence-corrected chi connectivity index (χ0v) is 21.4. The minimum Gasteiger partial charge on any atom is -0.453 e. The number of imidazole rings is 1. The van der Waals surface area contributed by atoms with Crippen LogP contribution in [-0.2, 0) is 29.0 Å². The van der Waals surface area contributed by atoms with Crippen molar-refractivity contribution in [3.63, 3.8) is 0 Å². The molecule has 1 saturated carbocycles. The van der Waals surface area contributed by atoms with Crippen LogP contribution >= 0.6 is 0 Å². The van der Waals surface area contributed by atoms with Crippen LogP contribution in [-0.4, -0.2) is 31.1 Å². The van der Waals surface area contributed by atoms with Crippen molar-refractivity contribution in [2.45, 2.75) is 32.2 Å². The van der Waals surface area contributed by atoms with Crippen LogP contribution in [0.15, 0.2) is 85.7 Å². The van der Waals surface area contributed by atoms with E-state index in [0.717, 1.165) is 5.69 Å². The van der Waals surface area contributed by atoms with Gasteiger partial charge >= 0.3 is 0 Å². The van der Waals surface area contributed by atoms with Crippen LogP contribution in [0.1, 0.15) is 29.7 Å². The maximum absolute atomic E-state index is 15.1. The summed E-state index contributed by atoms with van der Waals surface area (Å²) in [6.07, 6.45) is 9.42. The molecule has 0 saturated heterocycles. The van der Waals surface area contributed by atoms with E-state index in [1.54, 1.807) is 49.2 Å². The van der Waals surface area contributed by atoms with Crippen molar-refractivity contribution in [2.75, 3.05) is 0 Å². The van der Waals surface area contributed by atoms with Crippen LogP contribution in [0.5, 0.6) is 11.5 Å². The number of hydrogen-bond acceptors (Lipinski definition) is 6. The van der Waals surface area contributed by atoms with Gasteiger partial charge in [0.2, 0.25) is 0 Å². The van der Waals surface area contributed by atoms with Crippen molar-refractivity contribution in [1.82, 2.24) is 19.5 Å². The van der Waals surface area contributed by atoms with Crippen molar-refractivity contribution in [2.24, 2.45) is 5.41 Å². The highest BCUT2D eigenvalue weighted by Gasteiger charge is 2.54. The lowest BCUT2D eigenvalue weighted by atomic mass is 9.88. The fourth-order valence-corrected chi connectivity index (χ4v) is 4.81. The zero-order chi connectivity index (χ0) is 27.7. The van der Waals surface area contributed by atoms with Gasteiger partial charge in [-0.25, -0.2) is 13.8 Å². The zero-order valence-electron chi connectivity index (χ0n) is 21.4. The summed E-state index contributed by atoms with van der Waals surface area (Å²) in [6, 6.07) is 13.5. The van der Waals surface area contributed by atoms with Gasteiger partial charge in [-0.15, -0.1) is 0 Å². The molecule has 1 fully saturated rings. The molecule has 7 nitrogen and oxygen atoms in total. The lowest BCUT2D eigenvalue weighted by Gasteiger charge is -2.14. The number of carbonyl (C=O) groups excluding carboxylic acids is 2.